The van der Waals surface area contributed by atoms with Gasteiger partial charge in [0.05, 0.1) is 17.7 Å². The lowest BCUT2D eigenvalue weighted by molar-refractivity contribution is -0.00780. The third kappa shape index (κ3) is 2.27. The van der Waals surface area contributed by atoms with E-state index in [0.717, 1.165) is 49.0 Å². The lowest BCUT2D eigenvalue weighted by Gasteiger charge is -2.49. The molecule has 0 bridgehead atoms. The van der Waals surface area contributed by atoms with Gasteiger partial charge in [-0.25, -0.2) is 0 Å². The molecular formula is C19H24N2O2. The number of para-hydroxylation sites is 1. The van der Waals surface area contributed by atoms with Crippen molar-refractivity contribution in [2.75, 3.05) is 19.8 Å². The van der Waals surface area contributed by atoms with Crippen molar-refractivity contribution in [1.82, 2.24) is 9.47 Å². The lowest BCUT2D eigenvalue weighted by Crippen LogP contribution is -2.62. The Kier molecular flexibility index (Phi) is 3.45. The van der Waals surface area contributed by atoms with Crippen LogP contribution >= 0.6 is 0 Å². The summed E-state index contributed by atoms with van der Waals surface area (Å²) in [5.74, 6) is 0.716. The fraction of sp³-hybridized carbons (Fsp3) is 0.526. The fourth-order valence-corrected chi connectivity index (χ4v) is 3.97. The van der Waals surface area contributed by atoms with Crippen molar-refractivity contribution in [3.05, 3.63) is 36.0 Å². The second kappa shape index (κ2) is 5.38. The number of carbonyl (C=O) groups is 1. The van der Waals surface area contributed by atoms with E-state index in [2.05, 4.69) is 36.7 Å². The Hall–Kier alpha value is -1.81. The molecule has 1 amide bonds. The van der Waals surface area contributed by atoms with E-state index in [1.165, 1.54) is 0 Å². The monoisotopic (exact) mass is 312 g/mol. The molecule has 0 N–H and O–H groups in total. The molecule has 3 heterocycles. The van der Waals surface area contributed by atoms with Crippen molar-refractivity contribution in [3.8, 4) is 0 Å². The van der Waals surface area contributed by atoms with E-state index in [4.69, 9.17) is 4.74 Å². The number of ether oxygens (including phenoxy) is 1. The van der Waals surface area contributed by atoms with Crippen LogP contribution in [-0.4, -0.2) is 40.7 Å². The van der Waals surface area contributed by atoms with Crippen molar-refractivity contribution in [1.29, 1.82) is 0 Å². The van der Waals surface area contributed by atoms with E-state index < -0.39 is 0 Å². The highest BCUT2D eigenvalue weighted by molar-refractivity contribution is 6.07. The van der Waals surface area contributed by atoms with Gasteiger partial charge in [-0.05, 0) is 24.8 Å². The Morgan fingerprint density at radius 1 is 1.30 bits per heavy atom. The smallest absolute Gasteiger partial charge is 0.256 e. The number of fused-ring (bicyclic) bond motifs is 1. The van der Waals surface area contributed by atoms with E-state index >= 15 is 0 Å². The number of carbonyl (C=O) groups excluding carboxylic acids is 1. The molecule has 2 saturated heterocycles. The third-order valence-corrected chi connectivity index (χ3v) is 5.28. The first-order valence-electron chi connectivity index (χ1n) is 8.58. The zero-order valence-electron chi connectivity index (χ0n) is 13.9. The zero-order valence-corrected chi connectivity index (χ0v) is 13.9. The molecule has 0 radical (unpaired) electrons. The molecular weight excluding hydrogens is 288 g/mol. The van der Waals surface area contributed by atoms with Crippen LogP contribution in [0.1, 0.15) is 37.0 Å². The number of benzene rings is 1. The van der Waals surface area contributed by atoms with E-state index in [9.17, 15) is 4.79 Å². The third-order valence-electron chi connectivity index (χ3n) is 5.28. The van der Waals surface area contributed by atoms with E-state index in [-0.39, 0.29) is 11.4 Å². The average molecular weight is 312 g/mol. The number of hydrogen-bond donors (Lipinski definition) is 0. The van der Waals surface area contributed by atoms with Crippen LogP contribution in [0.4, 0.5) is 0 Å². The average Bonchev–Trinajstić information content (AvgIpc) is 3.13. The molecule has 0 saturated carbocycles. The first kappa shape index (κ1) is 14.8. The molecule has 122 valence electrons. The summed E-state index contributed by atoms with van der Waals surface area (Å²) in [5, 5.41) is 1.07. The maximum atomic E-state index is 13.2. The largest absolute Gasteiger partial charge is 0.379 e. The molecule has 1 aromatic heterocycles. The van der Waals surface area contributed by atoms with Gasteiger partial charge in [0.15, 0.2) is 0 Å². The predicted molar refractivity (Wildman–Crippen MR) is 90.6 cm³/mol. The molecule has 2 aromatic rings. The molecule has 1 unspecified atom stereocenters. The summed E-state index contributed by atoms with van der Waals surface area (Å²) in [4.78, 5) is 15.2. The minimum atomic E-state index is -0.0294. The Labute approximate surface area is 137 Å². The van der Waals surface area contributed by atoms with Crippen LogP contribution in [-0.2, 0) is 11.3 Å². The van der Waals surface area contributed by atoms with E-state index in [1.54, 1.807) is 0 Å². The number of amides is 1. The first-order chi connectivity index (χ1) is 11.1. The van der Waals surface area contributed by atoms with Gasteiger partial charge in [0, 0.05) is 36.8 Å². The summed E-state index contributed by atoms with van der Waals surface area (Å²) < 4.78 is 7.79. The Balaban J connectivity index is 1.72. The second-order valence-corrected chi connectivity index (χ2v) is 7.34. The van der Waals surface area contributed by atoms with Gasteiger partial charge in [-0.1, -0.05) is 32.0 Å². The van der Waals surface area contributed by atoms with E-state index in [0.29, 0.717) is 12.5 Å². The second-order valence-electron chi connectivity index (χ2n) is 7.34. The Bertz CT molecular complexity index is 741. The highest BCUT2D eigenvalue weighted by Gasteiger charge is 2.50. The van der Waals surface area contributed by atoms with Crippen molar-refractivity contribution < 1.29 is 9.53 Å². The number of aromatic nitrogens is 1. The number of hydrogen-bond acceptors (Lipinski definition) is 2. The fourth-order valence-electron chi connectivity index (χ4n) is 3.97. The highest BCUT2D eigenvalue weighted by atomic mass is 16.5. The van der Waals surface area contributed by atoms with Crippen LogP contribution in [0.25, 0.3) is 10.9 Å². The summed E-state index contributed by atoms with van der Waals surface area (Å²) in [6.45, 7) is 7.67. The molecule has 2 aliphatic rings. The van der Waals surface area contributed by atoms with E-state index in [1.807, 2.05) is 17.0 Å². The Morgan fingerprint density at radius 2 is 2.13 bits per heavy atom. The summed E-state index contributed by atoms with van der Waals surface area (Å²) in [6.07, 6.45) is 4.10. The summed E-state index contributed by atoms with van der Waals surface area (Å²) in [7, 11) is 0. The topological polar surface area (TPSA) is 34.5 Å². The summed E-state index contributed by atoms with van der Waals surface area (Å²) in [5.41, 5.74) is 1.97. The Morgan fingerprint density at radius 3 is 2.78 bits per heavy atom. The predicted octanol–water partition coefficient (Wildman–Crippen LogP) is 3.30. The summed E-state index contributed by atoms with van der Waals surface area (Å²) >= 11 is 0. The lowest BCUT2D eigenvalue weighted by atomic mass is 9.83. The molecule has 23 heavy (non-hydrogen) atoms. The van der Waals surface area contributed by atoms with Crippen LogP contribution < -0.4 is 0 Å². The van der Waals surface area contributed by atoms with Crippen LogP contribution in [0, 0.1) is 5.92 Å². The van der Waals surface area contributed by atoms with Gasteiger partial charge >= 0.3 is 0 Å². The van der Waals surface area contributed by atoms with Gasteiger partial charge in [-0.15, -0.1) is 0 Å². The van der Waals surface area contributed by atoms with Gasteiger partial charge in [-0.3, -0.25) is 4.79 Å². The maximum absolute atomic E-state index is 13.2. The SMILES string of the molecule is CC(C)Cn1cc(C(=O)N2CCC23CCOC3)c2ccccc21. The van der Waals surface area contributed by atoms with Gasteiger partial charge in [0.2, 0.25) is 0 Å². The number of nitrogens with zero attached hydrogens (tertiary/aromatic N) is 2. The molecule has 2 aliphatic heterocycles. The van der Waals surface area contributed by atoms with Crippen molar-refractivity contribution >= 4 is 16.8 Å². The maximum Gasteiger partial charge on any atom is 0.256 e. The van der Waals surface area contributed by atoms with Crippen molar-refractivity contribution in [2.24, 2.45) is 5.92 Å². The standard InChI is InChI=1S/C19H24N2O2/c1-14(2)11-20-12-16(15-5-3-4-6-17(15)20)18(22)21-9-7-19(21)8-10-23-13-19/h3-6,12,14H,7-11,13H2,1-2H3. The zero-order chi connectivity index (χ0) is 16.0. The van der Waals surface area contributed by atoms with Crippen molar-refractivity contribution in [3.63, 3.8) is 0 Å². The molecule has 4 heteroatoms. The van der Waals surface area contributed by atoms with Gasteiger partial charge < -0.3 is 14.2 Å². The molecule has 1 atom stereocenters. The molecule has 0 aliphatic carbocycles. The van der Waals surface area contributed by atoms with Gasteiger partial charge in [0.1, 0.15) is 0 Å². The minimum Gasteiger partial charge on any atom is -0.379 e. The van der Waals surface area contributed by atoms with Gasteiger partial charge in [0.25, 0.3) is 5.91 Å². The van der Waals surface area contributed by atoms with Crippen LogP contribution in [0.15, 0.2) is 30.5 Å². The van der Waals surface area contributed by atoms with Crippen LogP contribution in [0.2, 0.25) is 0 Å². The van der Waals surface area contributed by atoms with Gasteiger partial charge in [-0.2, -0.15) is 0 Å². The van der Waals surface area contributed by atoms with Crippen LogP contribution in [0.5, 0.6) is 0 Å². The summed E-state index contributed by atoms with van der Waals surface area (Å²) in [6, 6.07) is 8.24. The molecule has 4 nitrogen and oxygen atoms in total. The highest BCUT2D eigenvalue weighted by Crippen LogP contribution is 2.39. The molecule has 2 fully saturated rings. The first-order valence-corrected chi connectivity index (χ1v) is 8.58. The molecule has 1 spiro atoms. The molecule has 4 rings (SSSR count). The normalized spacial score (nSPS) is 23.9. The minimum absolute atomic E-state index is 0.0294. The number of rotatable bonds is 3. The molecule has 1 aromatic carbocycles. The van der Waals surface area contributed by atoms with Crippen molar-refractivity contribution in [2.45, 2.75) is 38.8 Å². The quantitative estimate of drug-likeness (QED) is 0.871. The number of likely N-dealkylation sites (tertiary alicyclic amines) is 1. The van der Waals surface area contributed by atoms with Crippen LogP contribution in [0.3, 0.4) is 0 Å².